The molecule has 0 spiro atoms. The maximum Gasteiger partial charge on any atom is 0.237 e. The number of carbonyl (C=O) groups excluding carboxylic acids is 1. The number of nitrogens with zero attached hydrogens (tertiary/aromatic N) is 3. The number of hydrogen-bond donors (Lipinski definition) is 2. The van der Waals surface area contributed by atoms with Gasteiger partial charge in [0.2, 0.25) is 17.0 Å². The van der Waals surface area contributed by atoms with Crippen LogP contribution in [-0.4, -0.2) is 31.3 Å². The lowest BCUT2D eigenvalue weighted by Gasteiger charge is -2.09. The van der Waals surface area contributed by atoms with Crippen molar-refractivity contribution >= 4 is 23.4 Å². The number of para-hydroxylation sites is 1. The van der Waals surface area contributed by atoms with Gasteiger partial charge in [-0.25, -0.2) is 9.97 Å². The third kappa shape index (κ3) is 3.96. The lowest BCUT2D eigenvalue weighted by Crippen LogP contribution is -2.22. The molecule has 122 valence electrons. The van der Waals surface area contributed by atoms with E-state index in [1.54, 1.807) is 13.0 Å². The SMILES string of the molecule is CC(Sc1n[nH]c(-c2ccnc(F)c2)n1)C(=O)Nc1ccccc1. The summed E-state index contributed by atoms with van der Waals surface area (Å²) in [5.41, 5.74) is 1.28. The predicted octanol–water partition coefficient (Wildman–Crippen LogP) is 3.13. The van der Waals surface area contributed by atoms with E-state index in [0.717, 1.165) is 5.69 Å². The number of pyridine rings is 1. The molecule has 1 atom stereocenters. The largest absolute Gasteiger partial charge is 0.325 e. The van der Waals surface area contributed by atoms with E-state index in [0.29, 0.717) is 16.5 Å². The van der Waals surface area contributed by atoms with E-state index >= 15 is 0 Å². The summed E-state index contributed by atoms with van der Waals surface area (Å²) >= 11 is 1.22. The number of amides is 1. The Bertz CT molecular complexity index is 839. The first-order valence-corrected chi connectivity index (χ1v) is 8.06. The molecule has 2 heterocycles. The van der Waals surface area contributed by atoms with Crippen LogP contribution in [-0.2, 0) is 4.79 Å². The highest BCUT2D eigenvalue weighted by Crippen LogP contribution is 2.23. The van der Waals surface area contributed by atoms with Crippen LogP contribution in [0.1, 0.15) is 6.92 Å². The first-order valence-electron chi connectivity index (χ1n) is 7.19. The van der Waals surface area contributed by atoms with Crippen LogP contribution >= 0.6 is 11.8 Å². The first kappa shape index (κ1) is 16.1. The lowest BCUT2D eigenvalue weighted by atomic mass is 10.2. The highest BCUT2D eigenvalue weighted by atomic mass is 32.2. The second-order valence-corrected chi connectivity index (χ2v) is 6.26. The number of halogens is 1. The third-order valence-corrected chi connectivity index (χ3v) is 4.12. The van der Waals surface area contributed by atoms with E-state index in [4.69, 9.17) is 0 Å². The summed E-state index contributed by atoms with van der Waals surface area (Å²) in [6.07, 6.45) is 1.36. The minimum absolute atomic E-state index is 0.146. The maximum absolute atomic E-state index is 13.2. The van der Waals surface area contributed by atoms with Crippen LogP contribution in [0, 0.1) is 5.95 Å². The highest BCUT2D eigenvalue weighted by molar-refractivity contribution is 8.00. The van der Waals surface area contributed by atoms with Gasteiger partial charge >= 0.3 is 0 Å². The van der Waals surface area contributed by atoms with E-state index in [9.17, 15) is 9.18 Å². The van der Waals surface area contributed by atoms with Gasteiger partial charge < -0.3 is 5.32 Å². The number of carbonyl (C=O) groups is 1. The molecule has 0 radical (unpaired) electrons. The minimum Gasteiger partial charge on any atom is -0.325 e. The molecule has 3 rings (SSSR count). The van der Waals surface area contributed by atoms with Crippen LogP contribution in [0.5, 0.6) is 0 Å². The number of thioether (sulfide) groups is 1. The molecule has 1 unspecified atom stereocenters. The molecule has 2 N–H and O–H groups in total. The normalized spacial score (nSPS) is 11.9. The Morgan fingerprint density at radius 1 is 1.29 bits per heavy atom. The van der Waals surface area contributed by atoms with Gasteiger partial charge in [0.1, 0.15) is 0 Å². The molecule has 0 saturated heterocycles. The van der Waals surface area contributed by atoms with E-state index in [2.05, 4.69) is 25.5 Å². The molecule has 24 heavy (non-hydrogen) atoms. The summed E-state index contributed by atoms with van der Waals surface area (Å²) in [6, 6.07) is 12.1. The summed E-state index contributed by atoms with van der Waals surface area (Å²) in [4.78, 5) is 20.0. The second-order valence-electron chi connectivity index (χ2n) is 4.95. The average Bonchev–Trinajstić information content (AvgIpc) is 3.04. The van der Waals surface area contributed by atoms with Crippen molar-refractivity contribution in [3.8, 4) is 11.4 Å². The molecular formula is C16H14FN5OS. The fraction of sp³-hybridized carbons (Fsp3) is 0.125. The Morgan fingerprint density at radius 2 is 2.08 bits per heavy atom. The number of hydrogen-bond acceptors (Lipinski definition) is 5. The molecular weight excluding hydrogens is 329 g/mol. The van der Waals surface area contributed by atoms with Gasteiger partial charge in [0, 0.05) is 23.5 Å². The van der Waals surface area contributed by atoms with Crippen LogP contribution in [0.15, 0.2) is 53.8 Å². The van der Waals surface area contributed by atoms with Gasteiger partial charge in [-0.2, -0.15) is 4.39 Å². The van der Waals surface area contributed by atoms with Crippen LogP contribution in [0.4, 0.5) is 10.1 Å². The fourth-order valence-corrected chi connectivity index (χ4v) is 2.68. The van der Waals surface area contributed by atoms with Gasteiger partial charge in [-0.1, -0.05) is 30.0 Å². The first-order chi connectivity index (χ1) is 11.6. The highest BCUT2D eigenvalue weighted by Gasteiger charge is 2.17. The number of benzene rings is 1. The van der Waals surface area contributed by atoms with Crippen molar-refractivity contribution < 1.29 is 9.18 Å². The van der Waals surface area contributed by atoms with Gasteiger partial charge in [0.25, 0.3) is 0 Å². The minimum atomic E-state index is -0.589. The van der Waals surface area contributed by atoms with Crippen molar-refractivity contribution in [1.82, 2.24) is 20.2 Å². The molecule has 1 aromatic carbocycles. The molecule has 0 aliphatic carbocycles. The number of nitrogens with one attached hydrogen (secondary N) is 2. The zero-order valence-electron chi connectivity index (χ0n) is 12.7. The molecule has 0 fully saturated rings. The Kier molecular flexibility index (Phi) is 4.85. The van der Waals surface area contributed by atoms with Crippen molar-refractivity contribution in [3.05, 3.63) is 54.6 Å². The Hall–Kier alpha value is -2.74. The Balaban J connectivity index is 1.65. The number of rotatable bonds is 5. The lowest BCUT2D eigenvalue weighted by molar-refractivity contribution is -0.115. The van der Waals surface area contributed by atoms with Crippen molar-refractivity contribution in [2.75, 3.05) is 5.32 Å². The van der Waals surface area contributed by atoms with Crippen molar-refractivity contribution in [3.63, 3.8) is 0 Å². The van der Waals surface area contributed by atoms with Gasteiger partial charge in [-0.15, -0.1) is 5.10 Å². The van der Waals surface area contributed by atoms with Gasteiger partial charge in [0.15, 0.2) is 5.82 Å². The Morgan fingerprint density at radius 3 is 2.83 bits per heavy atom. The Labute approximate surface area is 141 Å². The van der Waals surface area contributed by atoms with Crippen LogP contribution < -0.4 is 5.32 Å². The van der Waals surface area contributed by atoms with E-state index < -0.39 is 5.95 Å². The molecule has 3 aromatic rings. The quantitative estimate of drug-likeness (QED) is 0.549. The standard InChI is InChI=1S/C16H14FN5OS/c1-10(15(23)19-12-5-3-2-4-6-12)24-16-20-14(21-22-16)11-7-8-18-13(17)9-11/h2-10H,1H3,(H,19,23)(H,20,21,22). The summed E-state index contributed by atoms with van der Waals surface area (Å²) in [5, 5.41) is 9.64. The number of aromatic nitrogens is 4. The van der Waals surface area contributed by atoms with Crippen molar-refractivity contribution in [1.29, 1.82) is 0 Å². The van der Waals surface area contributed by atoms with Crippen LogP contribution in [0.3, 0.4) is 0 Å². The van der Waals surface area contributed by atoms with Crippen LogP contribution in [0.25, 0.3) is 11.4 Å². The molecule has 6 nitrogen and oxygen atoms in total. The van der Waals surface area contributed by atoms with E-state index in [1.807, 2.05) is 30.3 Å². The topological polar surface area (TPSA) is 83.6 Å². The fourth-order valence-electron chi connectivity index (χ4n) is 1.95. The number of anilines is 1. The van der Waals surface area contributed by atoms with Gasteiger partial charge in [0.05, 0.1) is 5.25 Å². The summed E-state index contributed by atoms with van der Waals surface area (Å²) in [7, 11) is 0. The molecule has 8 heteroatoms. The molecule has 2 aromatic heterocycles. The summed E-state index contributed by atoms with van der Waals surface area (Å²) in [6.45, 7) is 1.77. The summed E-state index contributed by atoms with van der Waals surface area (Å²) < 4.78 is 13.2. The average molecular weight is 343 g/mol. The summed E-state index contributed by atoms with van der Waals surface area (Å²) in [5.74, 6) is -0.310. The second kappa shape index (κ2) is 7.22. The van der Waals surface area contributed by atoms with Gasteiger partial charge in [-0.3, -0.25) is 9.89 Å². The maximum atomic E-state index is 13.2. The molecule has 0 bridgehead atoms. The molecule has 1 amide bonds. The molecule has 0 aliphatic rings. The zero-order valence-corrected chi connectivity index (χ0v) is 13.5. The van der Waals surface area contributed by atoms with Crippen molar-refractivity contribution in [2.45, 2.75) is 17.3 Å². The number of aromatic amines is 1. The van der Waals surface area contributed by atoms with Crippen LogP contribution in [0.2, 0.25) is 0 Å². The smallest absolute Gasteiger partial charge is 0.237 e. The zero-order chi connectivity index (χ0) is 16.9. The number of H-pyrrole nitrogens is 1. The molecule has 0 aliphatic heterocycles. The van der Waals surface area contributed by atoms with Gasteiger partial charge in [-0.05, 0) is 25.1 Å². The van der Waals surface area contributed by atoms with E-state index in [-0.39, 0.29) is 11.2 Å². The monoisotopic (exact) mass is 343 g/mol. The predicted molar refractivity (Wildman–Crippen MR) is 90.0 cm³/mol. The van der Waals surface area contributed by atoms with Crippen molar-refractivity contribution in [2.24, 2.45) is 0 Å². The molecule has 0 saturated carbocycles. The van der Waals surface area contributed by atoms with E-state index in [1.165, 1.54) is 24.0 Å². The third-order valence-electron chi connectivity index (χ3n) is 3.16.